The van der Waals surface area contributed by atoms with Crippen molar-refractivity contribution in [2.45, 2.75) is 62.4 Å². The smallest absolute Gasteiger partial charge is 0.373 e. The SMILES string of the molecule is O=C(c1ccccc1C(F)(F)F)N1CCC(NC2COC3(CCC3)C2)CC1. The summed E-state index contributed by atoms with van der Waals surface area (Å²) < 4.78 is 45.5. The summed E-state index contributed by atoms with van der Waals surface area (Å²) >= 11 is 0. The molecular formula is C20H25F3N2O2. The number of amides is 1. The van der Waals surface area contributed by atoms with Crippen molar-refractivity contribution in [1.82, 2.24) is 10.2 Å². The monoisotopic (exact) mass is 382 g/mol. The van der Waals surface area contributed by atoms with Crippen molar-refractivity contribution in [2.24, 2.45) is 0 Å². The van der Waals surface area contributed by atoms with Crippen molar-refractivity contribution in [3.8, 4) is 0 Å². The van der Waals surface area contributed by atoms with Crippen LogP contribution in [0.25, 0.3) is 0 Å². The second-order valence-corrected chi connectivity index (χ2v) is 8.03. The fraction of sp³-hybridized carbons (Fsp3) is 0.650. The van der Waals surface area contributed by atoms with E-state index in [1.807, 2.05) is 0 Å². The summed E-state index contributed by atoms with van der Waals surface area (Å²) in [5, 5.41) is 3.63. The van der Waals surface area contributed by atoms with E-state index in [4.69, 9.17) is 4.74 Å². The highest BCUT2D eigenvalue weighted by Gasteiger charge is 2.45. The van der Waals surface area contributed by atoms with Crippen LogP contribution in [0.3, 0.4) is 0 Å². The highest BCUT2D eigenvalue weighted by molar-refractivity contribution is 5.96. The van der Waals surface area contributed by atoms with E-state index in [-0.39, 0.29) is 17.2 Å². The van der Waals surface area contributed by atoms with E-state index in [0.717, 1.165) is 44.8 Å². The van der Waals surface area contributed by atoms with Crippen LogP contribution >= 0.6 is 0 Å². The summed E-state index contributed by atoms with van der Waals surface area (Å²) in [5.74, 6) is -0.529. The van der Waals surface area contributed by atoms with Gasteiger partial charge in [0.15, 0.2) is 0 Å². The van der Waals surface area contributed by atoms with Crippen LogP contribution in [-0.2, 0) is 10.9 Å². The molecule has 1 spiro atoms. The maximum atomic E-state index is 13.2. The number of hydrogen-bond acceptors (Lipinski definition) is 3. The fourth-order valence-corrected chi connectivity index (χ4v) is 4.54. The van der Waals surface area contributed by atoms with Crippen LogP contribution in [0.5, 0.6) is 0 Å². The van der Waals surface area contributed by atoms with E-state index in [2.05, 4.69) is 5.32 Å². The van der Waals surface area contributed by atoms with Gasteiger partial charge in [0.2, 0.25) is 0 Å². The van der Waals surface area contributed by atoms with Crippen LogP contribution in [0.15, 0.2) is 24.3 Å². The Balaban J connectivity index is 1.32. The number of benzene rings is 1. The van der Waals surface area contributed by atoms with Gasteiger partial charge in [0.1, 0.15) is 0 Å². The van der Waals surface area contributed by atoms with Gasteiger partial charge in [0, 0.05) is 25.2 Å². The van der Waals surface area contributed by atoms with Crippen LogP contribution in [0.4, 0.5) is 13.2 Å². The molecule has 1 aliphatic carbocycles. The maximum absolute atomic E-state index is 13.2. The van der Waals surface area contributed by atoms with Crippen LogP contribution in [0.1, 0.15) is 54.4 Å². The lowest BCUT2D eigenvalue weighted by Crippen LogP contribution is -2.48. The summed E-state index contributed by atoms with van der Waals surface area (Å²) in [5.41, 5.74) is -1.01. The van der Waals surface area contributed by atoms with Gasteiger partial charge >= 0.3 is 6.18 Å². The van der Waals surface area contributed by atoms with Crippen LogP contribution < -0.4 is 5.32 Å². The minimum atomic E-state index is -4.52. The molecule has 1 aromatic rings. The number of rotatable bonds is 3. The Morgan fingerprint density at radius 1 is 1.15 bits per heavy atom. The summed E-state index contributed by atoms with van der Waals surface area (Å²) in [6.07, 6.45) is 1.57. The highest BCUT2D eigenvalue weighted by Crippen LogP contribution is 2.43. The molecule has 1 aromatic carbocycles. The molecule has 148 valence electrons. The molecule has 1 atom stereocenters. The van der Waals surface area contributed by atoms with Crippen molar-refractivity contribution < 1.29 is 22.7 Å². The van der Waals surface area contributed by atoms with E-state index in [1.165, 1.54) is 24.6 Å². The van der Waals surface area contributed by atoms with Gasteiger partial charge < -0.3 is 15.0 Å². The quantitative estimate of drug-likeness (QED) is 0.868. The van der Waals surface area contributed by atoms with Crippen molar-refractivity contribution in [1.29, 1.82) is 0 Å². The Labute approximate surface area is 157 Å². The summed E-state index contributed by atoms with van der Waals surface area (Å²) in [6, 6.07) is 5.67. The molecule has 4 nitrogen and oxygen atoms in total. The molecule has 3 aliphatic rings. The number of carbonyl (C=O) groups excluding carboxylic acids is 1. The van der Waals surface area contributed by atoms with Crippen molar-refractivity contribution in [3.05, 3.63) is 35.4 Å². The number of piperidine rings is 1. The Bertz CT molecular complexity index is 695. The second-order valence-electron chi connectivity index (χ2n) is 8.03. The molecule has 2 aliphatic heterocycles. The van der Waals surface area contributed by atoms with E-state index in [0.29, 0.717) is 19.1 Å². The molecule has 1 unspecified atom stereocenters. The van der Waals surface area contributed by atoms with Gasteiger partial charge in [-0.2, -0.15) is 13.2 Å². The van der Waals surface area contributed by atoms with Crippen LogP contribution in [0, 0.1) is 0 Å². The Morgan fingerprint density at radius 3 is 2.44 bits per heavy atom. The Kier molecular flexibility index (Phi) is 4.93. The summed E-state index contributed by atoms with van der Waals surface area (Å²) in [4.78, 5) is 14.2. The van der Waals surface area contributed by atoms with Crippen molar-refractivity contribution in [3.63, 3.8) is 0 Å². The first-order valence-electron chi connectivity index (χ1n) is 9.72. The molecule has 0 aromatic heterocycles. The molecule has 0 radical (unpaired) electrons. The Morgan fingerprint density at radius 2 is 1.85 bits per heavy atom. The van der Waals surface area contributed by atoms with Gasteiger partial charge in [-0.25, -0.2) is 0 Å². The lowest BCUT2D eigenvalue weighted by Gasteiger charge is -2.37. The standard InChI is InChI=1S/C20H25F3N2O2/c21-20(22,23)17-5-2-1-4-16(17)18(26)25-10-6-14(7-11-25)24-15-12-19(27-13-15)8-3-9-19/h1-2,4-5,14-15,24H,3,6-13H2. The average molecular weight is 382 g/mol. The van der Waals surface area contributed by atoms with E-state index >= 15 is 0 Å². The lowest BCUT2D eigenvalue weighted by molar-refractivity contribution is -0.138. The molecule has 7 heteroatoms. The average Bonchev–Trinajstić information content (AvgIpc) is 3.06. The lowest BCUT2D eigenvalue weighted by atomic mass is 9.77. The summed E-state index contributed by atoms with van der Waals surface area (Å²) in [7, 11) is 0. The number of alkyl halides is 3. The third-order valence-corrected chi connectivity index (χ3v) is 6.19. The maximum Gasteiger partial charge on any atom is 0.417 e. The number of likely N-dealkylation sites (tertiary alicyclic amines) is 1. The number of ether oxygens (including phenoxy) is 1. The van der Waals surface area contributed by atoms with Crippen LogP contribution in [-0.4, -0.2) is 48.2 Å². The zero-order valence-corrected chi connectivity index (χ0v) is 15.2. The molecule has 2 saturated heterocycles. The first-order chi connectivity index (χ1) is 12.9. The van der Waals surface area contributed by atoms with Crippen molar-refractivity contribution in [2.75, 3.05) is 19.7 Å². The third kappa shape index (κ3) is 3.85. The normalized spacial score (nSPS) is 25.6. The van der Waals surface area contributed by atoms with Gasteiger partial charge in [-0.05, 0) is 50.7 Å². The van der Waals surface area contributed by atoms with Crippen molar-refractivity contribution >= 4 is 5.91 Å². The van der Waals surface area contributed by atoms with Gasteiger partial charge in [-0.15, -0.1) is 0 Å². The predicted molar refractivity (Wildman–Crippen MR) is 94.4 cm³/mol. The molecule has 2 heterocycles. The first kappa shape index (κ1) is 18.7. The van der Waals surface area contributed by atoms with Gasteiger partial charge in [0.25, 0.3) is 5.91 Å². The number of nitrogens with one attached hydrogen (secondary N) is 1. The van der Waals surface area contributed by atoms with Gasteiger partial charge in [-0.1, -0.05) is 12.1 Å². The first-order valence-corrected chi connectivity index (χ1v) is 9.72. The number of hydrogen-bond donors (Lipinski definition) is 1. The van der Waals surface area contributed by atoms with E-state index < -0.39 is 17.6 Å². The van der Waals surface area contributed by atoms with E-state index in [9.17, 15) is 18.0 Å². The number of carbonyl (C=O) groups is 1. The molecule has 4 rings (SSSR count). The molecule has 0 bridgehead atoms. The number of halogens is 3. The largest absolute Gasteiger partial charge is 0.417 e. The molecule has 1 N–H and O–H groups in total. The van der Waals surface area contributed by atoms with Crippen LogP contribution in [0.2, 0.25) is 0 Å². The summed E-state index contributed by atoms with van der Waals surface area (Å²) in [6.45, 7) is 1.68. The predicted octanol–water partition coefficient (Wildman–Crippen LogP) is 3.61. The zero-order chi connectivity index (χ0) is 19.1. The van der Waals surface area contributed by atoms with Gasteiger partial charge in [0.05, 0.1) is 23.3 Å². The minimum absolute atomic E-state index is 0.107. The topological polar surface area (TPSA) is 41.6 Å². The van der Waals surface area contributed by atoms with E-state index in [1.54, 1.807) is 4.90 Å². The molecule has 27 heavy (non-hydrogen) atoms. The minimum Gasteiger partial charge on any atom is -0.373 e. The molecule has 1 saturated carbocycles. The molecule has 1 amide bonds. The van der Waals surface area contributed by atoms with Gasteiger partial charge in [-0.3, -0.25) is 4.79 Å². The second kappa shape index (κ2) is 7.09. The fourth-order valence-electron chi connectivity index (χ4n) is 4.54. The Hall–Kier alpha value is -1.60. The molecule has 3 fully saturated rings. The third-order valence-electron chi connectivity index (χ3n) is 6.19. The highest BCUT2D eigenvalue weighted by atomic mass is 19.4. The molecular weight excluding hydrogens is 357 g/mol. The number of nitrogens with zero attached hydrogens (tertiary/aromatic N) is 1. The zero-order valence-electron chi connectivity index (χ0n) is 15.2.